The molecule has 2 nitrogen and oxygen atoms in total. The number of hydrogen-bond acceptors (Lipinski definition) is 2. The van der Waals surface area contributed by atoms with Gasteiger partial charge in [-0.25, -0.2) is 5.01 Å². The van der Waals surface area contributed by atoms with Gasteiger partial charge in [0.1, 0.15) is 0 Å². The fraction of sp³-hybridized carbons (Fsp3) is 0.667. The maximum absolute atomic E-state index is 3.54. The van der Waals surface area contributed by atoms with Gasteiger partial charge in [0, 0.05) is 18.8 Å². The van der Waals surface area contributed by atoms with Gasteiger partial charge in [-0.05, 0) is 34.1 Å². The highest BCUT2D eigenvalue weighted by molar-refractivity contribution is 5.51. The first-order valence-electron chi connectivity index (χ1n) is 7.75. The van der Waals surface area contributed by atoms with Gasteiger partial charge in [0.15, 0.2) is 0 Å². The van der Waals surface area contributed by atoms with Crippen LogP contribution in [0, 0.1) is 0 Å². The van der Waals surface area contributed by atoms with Gasteiger partial charge in [0.25, 0.3) is 0 Å². The van der Waals surface area contributed by atoms with Crippen LogP contribution in [-0.4, -0.2) is 18.1 Å². The van der Waals surface area contributed by atoms with Crippen molar-refractivity contribution in [1.82, 2.24) is 5.01 Å². The molecule has 0 fully saturated rings. The zero-order valence-corrected chi connectivity index (χ0v) is 14.6. The molecule has 0 aromatic heterocycles. The molecule has 1 rings (SSSR count). The molecule has 2 heteroatoms. The summed E-state index contributed by atoms with van der Waals surface area (Å²) in [6.07, 6.45) is 0. The fourth-order valence-electron chi connectivity index (χ4n) is 2.12. The van der Waals surface area contributed by atoms with E-state index < -0.39 is 0 Å². The van der Waals surface area contributed by atoms with Gasteiger partial charge in [0.2, 0.25) is 0 Å². The number of nitrogens with zero attached hydrogens (tertiary/aromatic N) is 1. The summed E-state index contributed by atoms with van der Waals surface area (Å²) in [5.41, 5.74) is 7.85. The quantitative estimate of drug-likeness (QED) is 0.783. The van der Waals surface area contributed by atoms with Crippen LogP contribution in [0.5, 0.6) is 0 Å². The van der Waals surface area contributed by atoms with Crippen LogP contribution in [0.15, 0.2) is 18.2 Å². The molecule has 0 amide bonds. The summed E-state index contributed by atoms with van der Waals surface area (Å²) in [5, 5.41) is 2.23. The summed E-state index contributed by atoms with van der Waals surface area (Å²) in [7, 11) is 0. The van der Waals surface area contributed by atoms with E-state index in [4.69, 9.17) is 0 Å². The van der Waals surface area contributed by atoms with Crippen LogP contribution in [0.2, 0.25) is 0 Å². The Morgan fingerprint density at radius 3 is 1.50 bits per heavy atom. The first-order chi connectivity index (χ1) is 9.07. The lowest BCUT2D eigenvalue weighted by Gasteiger charge is -2.28. The number of hydrazine groups is 1. The van der Waals surface area contributed by atoms with Crippen LogP contribution < -0.4 is 5.43 Å². The van der Waals surface area contributed by atoms with Gasteiger partial charge in [-0.2, -0.15) is 0 Å². The van der Waals surface area contributed by atoms with Crippen LogP contribution in [0.25, 0.3) is 0 Å². The van der Waals surface area contributed by atoms with Crippen molar-refractivity contribution in [3.05, 3.63) is 29.3 Å². The third-order valence-corrected chi connectivity index (χ3v) is 3.72. The summed E-state index contributed by atoms with van der Waals surface area (Å²) >= 11 is 0. The highest BCUT2D eigenvalue weighted by atomic mass is 15.5. The molecule has 0 aliphatic carbocycles. The zero-order chi connectivity index (χ0) is 15.6. The Morgan fingerprint density at radius 2 is 1.20 bits per heavy atom. The number of rotatable bonds is 4. The monoisotopic (exact) mass is 276 g/mol. The molecule has 0 bridgehead atoms. The van der Waals surface area contributed by atoms with Crippen molar-refractivity contribution in [2.24, 2.45) is 0 Å². The molecule has 0 aliphatic rings. The average Bonchev–Trinajstić information content (AvgIpc) is 2.33. The van der Waals surface area contributed by atoms with E-state index in [0.717, 1.165) is 13.1 Å². The first-order valence-corrected chi connectivity index (χ1v) is 7.75. The van der Waals surface area contributed by atoms with E-state index in [2.05, 4.69) is 84.0 Å². The predicted octanol–water partition coefficient (Wildman–Crippen LogP) is 4.95. The molecule has 0 saturated heterocycles. The van der Waals surface area contributed by atoms with Crippen molar-refractivity contribution in [2.75, 3.05) is 18.5 Å². The van der Waals surface area contributed by atoms with Gasteiger partial charge in [0.05, 0.1) is 0 Å². The van der Waals surface area contributed by atoms with E-state index >= 15 is 0 Å². The molecule has 1 N–H and O–H groups in total. The van der Waals surface area contributed by atoms with Gasteiger partial charge < -0.3 is 5.43 Å². The summed E-state index contributed by atoms with van der Waals surface area (Å²) in [6.45, 7) is 20.0. The third-order valence-electron chi connectivity index (χ3n) is 3.72. The number of anilines is 1. The van der Waals surface area contributed by atoms with Gasteiger partial charge in [-0.1, -0.05) is 61.5 Å². The standard InChI is InChI=1S/C18H32N2/c1-9-20(10-2)19-16-12-14(17(3,4)5)11-15(13-16)18(6,7)8/h11-13,19H,9-10H2,1-8H3. The van der Waals surface area contributed by atoms with E-state index in [1.165, 1.54) is 16.8 Å². The van der Waals surface area contributed by atoms with Crippen LogP contribution in [-0.2, 0) is 10.8 Å². The van der Waals surface area contributed by atoms with Crippen LogP contribution >= 0.6 is 0 Å². The van der Waals surface area contributed by atoms with Crippen molar-refractivity contribution in [1.29, 1.82) is 0 Å². The van der Waals surface area contributed by atoms with E-state index in [-0.39, 0.29) is 10.8 Å². The number of hydrogen-bond donors (Lipinski definition) is 1. The van der Waals surface area contributed by atoms with E-state index in [0.29, 0.717) is 0 Å². The Balaban J connectivity index is 3.24. The van der Waals surface area contributed by atoms with Crippen molar-refractivity contribution in [3.8, 4) is 0 Å². The van der Waals surface area contributed by atoms with Crippen molar-refractivity contribution in [3.63, 3.8) is 0 Å². The molecule has 114 valence electrons. The highest BCUT2D eigenvalue weighted by Gasteiger charge is 2.20. The first kappa shape index (κ1) is 17.0. The van der Waals surface area contributed by atoms with Gasteiger partial charge in [-0.3, -0.25) is 0 Å². The minimum Gasteiger partial charge on any atom is -0.319 e. The zero-order valence-electron chi connectivity index (χ0n) is 14.6. The molecule has 0 heterocycles. The molecule has 0 saturated carbocycles. The molecule has 0 unspecified atom stereocenters. The van der Waals surface area contributed by atoms with Crippen LogP contribution in [0.3, 0.4) is 0 Å². The molecule has 0 spiro atoms. The van der Waals surface area contributed by atoms with Crippen molar-refractivity contribution >= 4 is 5.69 Å². The minimum absolute atomic E-state index is 0.168. The molecular weight excluding hydrogens is 244 g/mol. The highest BCUT2D eigenvalue weighted by Crippen LogP contribution is 2.32. The smallest absolute Gasteiger partial charge is 0.0495 e. The molecular formula is C18H32N2. The SMILES string of the molecule is CCN(CC)Nc1cc(C(C)(C)C)cc(C(C)(C)C)c1. The fourth-order valence-corrected chi connectivity index (χ4v) is 2.12. The number of nitrogens with one attached hydrogen (secondary N) is 1. The van der Waals surface area contributed by atoms with E-state index in [1.54, 1.807) is 0 Å². The molecule has 1 aromatic rings. The molecule has 1 aromatic carbocycles. The van der Waals surface area contributed by atoms with E-state index in [9.17, 15) is 0 Å². The summed E-state index contributed by atoms with van der Waals surface area (Å²) < 4.78 is 0. The minimum atomic E-state index is 0.168. The maximum atomic E-state index is 3.54. The van der Waals surface area contributed by atoms with Crippen molar-refractivity contribution in [2.45, 2.75) is 66.2 Å². The Hall–Kier alpha value is -1.02. The predicted molar refractivity (Wildman–Crippen MR) is 90.4 cm³/mol. The van der Waals surface area contributed by atoms with Crippen LogP contribution in [0.4, 0.5) is 5.69 Å². The molecule has 0 aliphatic heterocycles. The normalized spacial score (nSPS) is 12.8. The second kappa shape index (κ2) is 6.17. The summed E-state index contributed by atoms with van der Waals surface area (Å²) in [4.78, 5) is 0. The Morgan fingerprint density at radius 1 is 0.800 bits per heavy atom. The second-order valence-electron chi connectivity index (χ2n) is 7.58. The lowest BCUT2D eigenvalue weighted by atomic mass is 9.80. The van der Waals surface area contributed by atoms with Gasteiger partial charge >= 0.3 is 0 Å². The molecule has 0 atom stereocenters. The lowest BCUT2D eigenvalue weighted by Crippen LogP contribution is -2.29. The molecule has 0 radical (unpaired) electrons. The lowest BCUT2D eigenvalue weighted by molar-refractivity contribution is 0.367. The Kier molecular flexibility index (Phi) is 5.26. The summed E-state index contributed by atoms with van der Waals surface area (Å²) in [6, 6.07) is 6.93. The van der Waals surface area contributed by atoms with Crippen molar-refractivity contribution < 1.29 is 0 Å². The Bertz CT molecular complexity index is 399. The largest absolute Gasteiger partial charge is 0.319 e. The summed E-state index contributed by atoms with van der Waals surface area (Å²) in [5.74, 6) is 0. The Labute approximate surface area is 125 Å². The third kappa shape index (κ3) is 4.52. The van der Waals surface area contributed by atoms with Gasteiger partial charge in [-0.15, -0.1) is 0 Å². The maximum Gasteiger partial charge on any atom is 0.0495 e. The number of benzene rings is 1. The van der Waals surface area contributed by atoms with Crippen LogP contribution in [0.1, 0.15) is 66.5 Å². The average molecular weight is 276 g/mol. The van der Waals surface area contributed by atoms with E-state index in [1.807, 2.05) is 0 Å². The molecule has 20 heavy (non-hydrogen) atoms. The topological polar surface area (TPSA) is 15.3 Å². The second-order valence-corrected chi connectivity index (χ2v) is 7.58.